The molecule has 6 amide bonds. The second-order valence-corrected chi connectivity index (χ2v) is 17.4. The predicted octanol–water partition coefficient (Wildman–Crippen LogP) is -8.59. The van der Waals surface area contributed by atoms with E-state index < -0.39 is 177 Å². The Labute approximate surface area is 409 Å². The quantitative estimate of drug-likeness (QED) is 0.0188. The number of nitrogens with one attached hydrogen (secondary N) is 6. The molecule has 0 bridgehead atoms. The van der Waals surface area contributed by atoms with Crippen LogP contribution < -0.4 is 49.1 Å². The number of amides is 6. The molecule has 0 spiro atoms. The van der Waals surface area contributed by atoms with Gasteiger partial charge in [0.2, 0.25) is 35.4 Å². The van der Waals surface area contributed by atoms with E-state index in [1.807, 2.05) is 0 Å². The summed E-state index contributed by atoms with van der Waals surface area (Å²) in [6.45, 7) is 2.75. The van der Waals surface area contributed by atoms with Gasteiger partial charge in [0.25, 0.3) is 0 Å². The third-order valence-electron chi connectivity index (χ3n) is 10.6. The van der Waals surface area contributed by atoms with Crippen molar-refractivity contribution in [3.8, 4) is 0 Å². The minimum atomic E-state index is -1.92. The summed E-state index contributed by atoms with van der Waals surface area (Å²) in [6, 6.07) is -10.7. The summed E-state index contributed by atoms with van der Waals surface area (Å²) in [7, 11) is 0. The fourth-order valence-electron chi connectivity index (χ4n) is 6.91. The van der Waals surface area contributed by atoms with Gasteiger partial charge in [-0.1, -0.05) is 0 Å². The van der Waals surface area contributed by atoms with Crippen molar-refractivity contribution in [1.82, 2.24) is 31.9 Å². The third kappa shape index (κ3) is 19.9. The van der Waals surface area contributed by atoms with Crippen molar-refractivity contribution in [2.45, 2.75) is 151 Å². The van der Waals surface area contributed by atoms with Gasteiger partial charge in [-0.05, 0) is 33.1 Å². The number of carboxylic acid groups (broad SMARTS) is 3. The summed E-state index contributed by atoms with van der Waals surface area (Å²) in [4.78, 5) is 117. The standard InChI is InChI=1S/C39H66N10O21S/c1-14(31(57)48-20(36(64)65)7-8-24(54)47-21(13-71-12-18(40)34(60)61)33(59)49-19(35(62)63)6-5-9-43-39(41)42)44-32(58)15(2)67-30-26(46-17(4)53)37(66)68-23(11-51)29(30)70-38-25(45-16(3)52)28(56)27(55)22(10-50)69-38/h14-15,18-23,25-30,37-38,50-51,55-56,66H,5-13,40H2,1-4H3,(H,44,58)(H,45,52)(H,46,53)(H,47,54)(H,48,57)(H,49,59)(H,60,61)(H,62,63)(H,64,65)(H4,41,42,43). The van der Waals surface area contributed by atoms with Gasteiger partial charge in [0.05, 0.1) is 13.2 Å². The molecule has 404 valence electrons. The number of hydrogen-bond donors (Lipinski definition) is 17. The van der Waals surface area contributed by atoms with Crippen molar-refractivity contribution in [3.05, 3.63) is 0 Å². The fourth-order valence-corrected chi connectivity index (χ4v) is 7.92. The van der Waals surface area contributed by atoms with Crippen LogP contribution in [0.1, 0.15) is 53.4 Å². The Balaban J connectivity index is 2.22. The number of aliphatic carboxylic acids is 3. The Morgan fingerprint density at radius 1 is 0.690 bits per heavy atom. The van der Waals surface area contributed by atoms with Crippen LogP contribution in [0.2, 0.25) is 0 Å². The molecule has 0 saturated carbocycles. The number of aliphatic imine (C=N–C) groups is 1. The van der Waals surface area contributed by atoms with Crippen molar-refractivity contribution in [2.24, 2.45) is 22.2 Å². The minimum absolute atomic E-state index is 0.0359. The zero-order valence-corrected chi connectivity index (χ0v) is 39.9. The summed E-state index contributed by atoms with van der Waals surface area (Å²) < 4.78 is 23.1. The van der Waals surface area contributed by atoms with Crippen LogP contribution in [0.25, 0.3) is 0 Å². The van der Waals surface area contributed by atoms with Gasteiger partial charge >= 0.3 is 17.9 Å². The normalized spacial score (nSPS) is 26.6. The first-order valence-electron chi connectivity index (χ1n) is 21.9. The lowest BCUT2D eigenvalue weighted by Crippen LogP contribution is -2.70. The zero-order chi connectivity index (χ0) is 53.9. The molecular formula is C39H66N10O21S. The molecule has 2 rings (SSSR count). The van der Waals surface area contributed by atoms with Crippen molar-refractivity contribution in [1.29, 1.82) is 0 Å². The Morgan fingerprint density at radius 2 is 1.27 bits per heavy atom. The second kappa shape index (κ2) is 29.7. The van der Waals surface area contributed by atoms with Crippen LogP contribution in [0.15, 0.2) is 4.99 Å². The van der Waals surface area contributed by atoms with Crippen LogP contribution in [0, 0.1) is 0 Å². The van der Waals surface area contributed by atoms with Crippen LogP contribution in [-0.4, -0.2) is 229 Å². The number of carboxylic acids is 3. The highest BCUT2D eigenvalue weighted by Crippen LogP contribution is 2.31. The lowest BCUT2D eigenvalue weighted by Gasteiger charge is -2.48. The van der Waals surface area contributed by atoms with Gasteiger partial charge in [-0.25, -0.2) is 9.59 Å². The van der Waals surface area contributed by atoms with E-state index in [9.17, 15) is 78.9 Å². The first kappa shape index (κ1) is 61.6. The van der Waals surface area contributed by atoms with Crippen molar-refractivity contribution in [3.63, 3.8) is 0 Å². The number of nitrogens with zero attached hydrogens (tertiary/aromatic N) is 1. The van der Waals surface area contributed by atoms with Gasteiger partial charge in [-0.2, -0.15) is 11.8 Å². The number of guanidine groups is 1. The van der Waals surface area contributed by atoms with E-state index in [4.69, 9.17) is 41.3 Å². The SMILES string of the molecule is CC(=O)NC1C(OC2C(CO)OC(O)C(NC(C)=O)C2OC(C)C(=O)NC(C)C(=O)NC(CCC(=O)NC(CSCC(N)C(=O)O)C(=O)NC(CCCN=C(N)N)C(=O)O)C(=O)O)OC(CO)C(O)C1O. The highest BCUT2D eigenvalue weighted by Gasteiger charge is 2.53. The molecule has 71 heavy (non-hydrogen) atoms. The maximum absolute atomic E-state index is 13.5. The average molecular weight is 1040 g/mol. The fraction of sp³-hybridized carbons (Fsp3) is 0.744. The lowest BCUT2D eigenvalue weighted by molar-refractivity contribution is -0.333. The highest BCUT2D eigenvalue weighted by molar-refractivity contribution is 7.99. The van der Waals surface area contributed by atoms with Gasteiger partial charge in [0, 0.05) is 38.3 Å². The molecule has 2 fully saturated rings. The highest BCUT2D eigenvalue weighted by atomic mass is 32.2. The summed E-state index contributed by atoms with van der Waals surface area (Å²) in [5.74, 6) is -10.7. The summed E-state index contributed by atoms with van der Waals surface area (Å²) in [5.41, 5.74) is 16.1. The van der Waals surface area contributed by atoms with Gasteiger partial charge in [-0.3, -0.25) is 38.6 Å². The molecule has 2 aliphatic heterocycles. The molecule has 0 aromatic rings. The van der Waals surface area contributed by atoms with Crippen LogP contribution in [0.3, 0.4) is 0 Å². The first-order valence-corrected chi connectivity index (χ1v) is 23.1. The van der Waals surface area contributed by atoms with Gasteiger partial charge in [-0.15, -0.1) is 0 Å². The Morgan fingerprint density at radius 3 is 1.82 bits per heavy atom. The van der Waals surface area contributed by atoms with Crippen LogP contribution in [0.5, 0.6) is 0 Å². The molecular weight excluding hydrogens is 977 g/mol. The monoisotopic (exact) mass is 1040 g/mol. The number of carbonyl (C=O) groups excluding carboxylic acids is 6. The number of aliphatic hydroxyl groups excluding tert-OH is 5. The third-order valence-corrected chi connectivity index (χ3v) is 11.8. The molecule has 32 heteroatoms. The largest absolute Gasteiger partial charge is 0.480 e. The number of thioether (sulfide) groups is 1. The van der Waals surface area contributed by atoms with Crippen LogP contribution in [-0.2, 0) is 62.1 Å². The zero-order valence-electron chi connectivity index (χ0n) is 39.1. The van der Waals surface area contributed by atoms with Crippen LogP contribution >= 0.6 is 11.8 Å². The molecule has 0 aliphatic carbocycles. The van der Waals surface area contributed by atoms with E-state index in [2.05, 4.69) is 36.9 Å². The van der Waals surface area contributed by atoms with E-state index in [1.54, 1.807) is 0 Å². The van der Waals surface area contributed by atoms with Crippen molar-refractivity contribution in [2.75, 3.05) is 31.3 Å². The molecule has 0 aromatic heterocycles. The maximum atomic E-state index is 13.5. The van der Waals surface area contributed by atoms with E-state index in [1.165, 1.54) is 6.92 Å². The molecule has 2 heterocycles. The molecule has 16 unspecified atom stereocenters. The molecule has 0 radical (unpaired) electrons. The smallest absolute Gasteiger partial charge is 0.326 e. The summed E-state index contributed by atoms with van der Waals surface area (Å²) >= 11 is 0.839. The average Bonchev–Trinajstić information content (AvgIpc) is 3.28. The minimum Gasteiger partial charge on any atom is -0.480 e. The van der Waals surface area contributed by atoms with Gasteiger partial charge in [0.15, 0.2) is 18.5 Å². The Bertz CT molecular complexity index is 1880. The molecule has 31 nitrogen and oxygen atoms in total. The van der Waals surface area contributed by atoms with Gasteiger partial charge in [0.1, 0.15) is 85.0 Å². The predicted molar refractivity (Wildman–Crippen MR) is 241 cm³/mol. The van der Waals surface area contributed by atoms with E-state index in [0.717, 1.165) is 32.5 Å². The number of carbonyl (C=O) groups is 9. The maximum Gasteiger partial charge on any atom is 0.326 e. The molecule has 2 saturated heterocycles. The number of hydrogen-bond acceptors (Lipinski definition) is 21. The van der Waals surface area contributed by atoms with E-state index >= 15 is 0 Å². The number of nitrogens with two attached hydrogens (primary N) is 3. The van der Waals surface area contributed by atoms with Crippen LogP contribution in [0.4, 0.5) is 0 Å². The lowest BCUT2D eigenvalue weighted by atomic mass is 9.94. The number of ether oxygens (including phenoxy) is 4. The van der Waals surface area contributed by atoms with Crippen molar-refractivity contribution >= 4 is 71.1 Å². The topological polar surface area (TPSA) is 515 Å². The first-order chi connectivity index (χ1) is 33.2. The molecule has 16 atom stereocenters. The molecule has 20 N–H and O–H groups in total. The molecule has 0 aromatic carbocycles. The molecule has 2 aliphatic rings. The number of aliphatic hydroxyl groups is 5. The number of rotatable bonds is 29. The summed E-state index contributed by atoms with van der Waals surface area (Å²) in [6.07, 6.45) is -16.3. The van der Waals surface area contributed by atoms with E-state index in [0.29, 0.717) is 0 Å². The Kier molecular flexibility index (Phi) is 25.8. The van der Waals surface area contributed by atoms with E-state index in [-0.39, 0.29) is 36.9 Å². The summed E-state index contributed by atoms with van der Waals surface area (Å²) in [5, 5.41) is 94.8. The second-order valence-electron chi connectivity index (χ2n) is 16.4. The van der Waals surface area contributed by atoms with Crippen molar-refractivity contribution < 1.29 is 103 Å². The van der Waals surface area contributed by atoms with Gasteiger partial charge < -0.3 is 109 Å². The Hall–Kier alpha value is -5.55.